The third-order valence-corrected chi connectivity index (χ3v) is 5.90. The summed E-state index contributed by atoms with van der Waals surface area (Å²) in [6.07, 6.45) is 6.34. The molecule has 0 bridgehead atoms. The van der Waals surface area contributed by atoms with Gasteiger partial charge in [-0.2, -0.15) is 0 Å². The molecule has 1 aliphatic carbocycles. The van der Waals surface area contributed by atoms with Crippen molar-refractivity contribution in [1.29, 1.82) is 0 Å². The van der Waals surface area contributed by atoms with Gasteiger partial charge in [0.1, 0.15) is 0 Å². The molecule has 0 fully saturated rings. The molecule has 4 nitrogen and oxygen atoms in total. The number of hydrogen-bond acceptors (Lipinski definition) is 3. The zero-order valence-electron chi connectivity index (χ0n) is 16.0. The molecule has 3 unspecified atom stereocenters. The normalized spacial score (nSPS) is 22.3. The van der Waals surface area contributed by atoms with Crippen molar-refractivity contribution in [3.63, 3.8) is 0 Å². The summed E-state index contributed by atoms with van der Waals surface area (Å²) >= 11 is 6.25. The summed E-state index contributed by atoms with van der Waals surface area (Å²) < 4.78 is 5.06. The Morgan fingerprint density at radius 1 is 1.29 bits per heavy atom. The molecule has 5 heteroatoms. The lowest BCUT2D eigenvalue weighted by molar-refractivity contribution is 0.0949. The molecular formula is C23H25ClN2O2. The van der Waals surface area contributed by atoms with E-state index in [4.69, 9.17) is 16.3 Å². The minimum absolute atomic E-state index is 0.0503. The smallest absolute Gasteiger partial charge is 0.253 e. The fourth-order valence-corrected chi connectivity index (χ4v) is 4.55. The number of halogens is 1. The third-order valence-electron chi connectivity index (χ3n) is 5.66. The van der Waals surface area contributed by atoms with E-state index < -0.39 is 0 Å². The van der Waals surface area contributed by atoms with E-state index >= 15 is 0 Å². The largest absolute Gasteiger partial charge is 0.385 e. The van der Waals surface area contributed by atoms with E-state index in [-0.39, 0.29) is 11.9 Å². The number of methoxy groups -OCH3 is 1. The molecule has 0 saturated heterocycles. The second-order valence-electron chi connectivity index (χ2n) is 7.40. The van der Waals surface area contributed by atoms with Crippen LogP contribution >= 0.6 is 11.6 Å². The molecule has 0 aromatic heterocycles. The van der Waals surface area contributed by atoms with Crippen molar-refractivity contribution in [2.24, 2.45) is 5.92 Å². The maximum Gasteiger partial charge on any atom is 0.253 e. The van der Waals surface area contributed by atoms with Crippen LogP contribution in [0.1, 0.15) is 46.3 Å². The number of carbonyl (C=O) groups is 1. The lowest BCUT2D eigenvalue weighted by Crippen LogP contribution is -2.32. The Labute approximate surface area is 170 Å². The molecule has 0 saturated carbocycles. The minimum atomic E-state index is -0.0503. The average molecular weight is 397 g/mol. The van der Waals surface area contributed by atoms with Crippen LogP contribution in [-0.2, 0) is 4.74 Å². The van der Waals surface area contributed by atoms with E-state index in [9.17, 15) is 4.79 Å². The minimum Gasteiger partial charge on any atom is -0.385 e. The van der Waals surface area contributed by atoms with Crippen molar-refractivity contribution in [2.75, 3.05) is 25.6 Å². The molecule has 0 spiro atoms. The van der Waals surface area contributed by atoms with Gasteiger partial charge in [-0.1, -0.05) is 48.0 Å². The Balaban J connectivity index is 1.66. The van der Waals surface area contributed by atoms with Gasteiger partial charge < -0.3 is 15.4 Å². The van der Waals surface area contributed by atoms with Crippen LogP contribution in [-0.4, -0.2) is 26.2 Å². The van der Waals surface area contributed by atoms with Crippen molar-refractivity contribution in [2.45, 2.75) is 24.8 Å². The van der Waals surface area contributed by atoms with Gasteiger partial charge in [-0.15, -0.1) is 0 Å². The predicted octanol–water partition coefficient (Wildman–Crippen LogP) is 4.93. The highest BCUT2D eigenvalue weighted by molar-refractivity contribution is 6.30. The molecule has 146 valence electrons. The number of fused-ring (bicyclic) bond motifs is 3. The van der Waals surface area contributed by atoms with Gasteiger partial charge >= 0.3 is 0 Å². The molecule has 2 aromatic rings. The lowest BCUT2D eigenvalue weighted by Gasteiger charge is -2.38. The first kappa shape index (κ1) is 19.0. The van der Waals surface area contributed by atoms with Crippen molar-refractivity contribution < 1.29 is 9.53 Å². The molecule has 28 heavy (non-hydrogen) atoms. The quantitative estimate of drug-likeness (QED) is 0.537. The first-order chi connectivity index (χ1) is 13.7. The van der Waals surface area contributed by atoms with Gasteiger partial charge in [0.25, 0.3) is 5.91 Å². The second-order valence-corrected chi connectivity index (χ2v) is 7.84. The number of hydrogen-bond donors (Lipinski definition) is 2. The van der Waals surface area contributed by atoms with E-state index in [1.165, 1.54) is 5.56 Å². The molecule has 4 rings (SSSR count). The number of benzene rings is 2. The number of rotatable bonds is 6. The monoisotopic (exact) mass is 396 g/mol. The van der Waals surface area contributed by atoms with Crippen LogP contribution in [0.4, 0.5) is 5.69 Å². The highest BCUT2D eigenvalue weighted by Crippen LogP contribution is 2.50. The lowest BCUT2D eigenvalue weighted by atomic mass is 9.76. The van der Waals surface area contributed by atoms with E-state index in [1.807, 2.05) is 30.3 Å². The van der Waals surface area contributed by atoms with Gasteiger partial charge in [0.05, 0.1) is 17.3 Å². The van der Waals surface area contributed by atoms with Crippen molar-refractivity contribution in [3.05, 3.63) is 76.3 Å². The summed E-state index contributed by atoms with van der Waals surface area (Å²) in [5.74, 6) is 0.679. The van der Waals surface area contributed by atoms with Crippen LogP contribution < -0.4 is 10.6 Å². The molecule has 1 aliphatic heterocycles. The average Bonchev–Trinajstić information content (AvgIpc) is 3.20. The Morgan fingerprint density at radius 3 is 2.96 bits per heavy atom. The van der Waals surface area contributed by atoms with Gasteiger partial charge in [0.15, 0.2) is 0 Å². The number of para-hydroxylation sites is 1. The predicted molar refractivity (Wildman–Crippen MR) is 113 cm³/mol. The highest BCUT2D eigenvalue weighted by Gasteiger charge is 2.39. The summed E-state index contributed by atoms with van der Waals surface area (Å²) in [7, 11) is 1.67. The Kier molecular flexibility index (Phi) is 5.69. The van der Waals surface area contributed by atoms with Crippen LogP contribution in [0.15, 0.2) is 54.6 Å². The first-order valence-electron chi connectivity index (χ1n) is 9.77. The highest BCUT2D eigenvalue weighted by atomic mass is 35.5. The van der Waals surface area contributed by atoms with E-state index in [2.05, 4.69) is 34.9 Å². The number of carbonyl (C=O) groups excluding carboxylic acids is 1. The molecule has 0 radical (unpaired) electrons. The van der Waals surface area contributed by atoms with E-state index in [0.717, 1.165) is 29.1 Å². The first-order valence-corrected chi connectivity index (χ1v) is 10.2. The van der Waals surface area contributed by atoms with Crippen LogP contribution in [0, 0.1) is 5.92 Å². The van der Waals surface area contributed by atoms with Crippen LogP contribution in [0.5, 0.6) is 0 Å². The summed E-state index contributed by atoms with van der Waals surface area (Å²) in [6.45, 7) is 1.23. The fourth-order valence-electron chi connectivity index (χ4n) is 4.35. The number of ether oxygens (including phenoxy) is 1. The summed E-state index contributed by atoms with van der Waals surface area (Å²) in [4.78, 5) is 12.8. The van der Waals surface area contributed by atoms with Crippen molar-refractivity contribution in [1.82, 2.24) is 5.32 Å². The summed E-state index contributed by atoms with van der Waals surface area (Å²) in [6, 6.07) is 14.1. The third kappa shape index (κ3) is 3.67. The molecule has 3 atom stereocenters. The number of amides is 1. The van der Waals surface area contributed by atoms with Crippen molar-refractivity contribution in [3.8, 4) is 0 Å². The van der Waals surface area contributed by atoms with Gasteiger partial charge in [-0.3, -0.25) is 4.79 Å². The van der Waals surface area contributed by atoms with Gasteiger partial charge in [0.2, 0.25) is 0 Å². The van der Waals surface area contributed by atoms with E-state index in [1.54, 1.807) is 7.11 Å². The fraction of sp³-hybridized carbons (Fsp3) is 0.348. The second kappa shape index (κ2) is 8.38. The Bertz CT molecular complexity index is 896. The maximum absolute atomic E-state index is 12.8. The van der Waals surface area contributed by atoms with Crippen LogP contribution in [0.2, 0.25) is 5.02 Å². The Hall–Kier alpha value is -2.30. The zero-order valence-corrected chi connectivity index (χ0v) is 16.7. The van der Waals surface area contributed by atoms with E-state index in [0.29, 0.717) is 30.6 Å². The van der Waals surface area contributed by atoms with Crippen LogP contribution in [0.25, 0.3) is 0 Å². The van der Waals surface area contributed by atoms with Crippen molar-refractivity contribution >= 4 is 23.2 Å². The molecule has 2 aliphatic rings. The summed E-state index contributed by atoms with van der Waals surface area (Å²) in [5.41, 5.74) is 3.99. The zero-order chi connectivity index (χ0) is 19.5. The topological polar surface area (TPSA) is 50.4 Å². The molecule has 2 N–H and O–H groups in total. The molecule has 1 heterocycles. The van der Waals surface area contributed by atoms with Gasteiger partial charge in [0, 0.05) is 31.2 Å². The number of anilines is 1. The number of allylic oxidation sites excluding steroid dienone is 2. The number of nitrogens with one attached hydrogen (secondary N) is 2. The Morgan fingerprint density at radius 2 is 2.14 bits per heavy atom. The van der Waals surface area contributed by atoms with Gasteiger partial charge in [-0.25, -0.2) is 0 Å². The maximum atomic E-state index is 12.8. The molecular weight excluding hydrogens is 372 g/mol. The molecule has 1 amide bonds. The van der Waals surface area contributed by atoms with Gasteiger partial charge in [-0.05, 0) is 48.1 Å². The molecule has 2 aromatic carbocycles. The standard InChI is InChI=1S/C23H25ClN2O2/c1-28-13-5-12-25-23(27)20-11-4-10-19-17-8-3-9-18(17)21(26-22(19)20)15-6-2-7-16(24)14-15/h2-4,6-8,10-11,14,17-18,21,26H,5,9,12-13H2,1H3,(H,25,27). The summed E-state index contributed by atoms with van der Waals surface area (Å²) in [5, 5.41) is 7.42. The van der Waals surface area contributed by atoms with Crippen LogP contribution in [0.3, 0.4) is 0 Å². The SMILES string of the molecule is COCCCNC(=O)c1cccc2c1NC(c1cccc(Cl)c1)C1CC=CC21.